The number of hydrogen-bond donors (Lipinski definition) is 2. The van der Waals surface area contributed by atoms with Gasteiger partial charge in [-0.1, -0.05) is 24.3 Å². The second-order valence-electron chi connectivity index (χ2n) is 9.25. The Hall–Kier alpha value is -3.63. The van der Waals surface area contributed by atoms with E-state index in [1.807, 2.05) is 30.3 Å². The smallest absolute Gasteiger partial charge is 0.243 e. The Balaban J connectivity index is 1.12. The van der Waals surface area contributed by atoms with E-state index in [9.17, 15) is 14.4 Å². The summed E-state index contributed by atoms with van der Waals surface area (Å²) in [6.45, 7) is 5.30. The summed E-state index contributed by atoms with van der Waals surface area (Å²) in [4.78, 5) is 44.3. The van der Waals surface area contributed by atoms with Gasteiger partial charge in [0.15, 0.2) is 11.5 Å². The highest BCUT2D eigenvalue weighted by Crippen LogP contribution is 2.32. The molecule has 2 fully saturated rings. The maximum absolute atomic E-state index is 13.2. The standard InChI is InChI=1S/C26H31N5O5/c32-24(28-20-4-2-1-3-5-20)15-21-26(34)27-8-9-31(21)25(33)17-30-12-10-29(11-13-30)16-19-6-7-22-23(14-19)36-18-35-22/h1-7,14,21H,8-13,15-18H2,(H,27,34)(H,28,32)/t21-/m0/s1. The van der Waals surface area contributed by atoms with E-state index in [1.54, 1.807) is 17.0 Å². The lowest BCUT2D eigenvalue weighted by Gasteiger charge is -2.38. The third-order valence-corrected chi connectivity index (χ3v) is 6.75. The molecular weight excluding hydrogens is 462 g/mol. The van der Waals surface area contributed by atoms with Gasteiger partial charge in [-0.05, 0) is 29.8 Å². The average Bonchev–Trinajstić information content (AvgIpc) is 3.35. The molecule has 5 rings (SSSR count). The zero-order valence-electron chi connectivity index (χ0n) is 20.2. The van der Waals surface area contributed by atoms with E-state index in [0.717, 1.165) is 44.2 Å². The number of rotatable bonds is 7. The SMILES string of the molecule is O=C(C[C@H]1C(=O)NCCN1C(=O)CN1CCN(Cc2ccc3c(c2)OCO3)CC1)Nc1ccccc1. The Morgan fingerprint density at radius 1 is 0.944 bits per heavy atom. The lowest BCUT2D eigenvalue weighted by atomic mass is 10.1. The summed E-state index contributed by atoms with van der Waals surface area (Å²) < 4.78 is 10.9. The Morgan fingerprint density at radius 3 is 2.50 bits per heavy atom. The molecule has 190 valence electrons. The molecule has 2 aromatic carbocycles. The Morgan fingerprint density at radius 2 is 1.69 bits per heavy atom. The van der Waals surface area contributed by atoms with Crippen molar-refractivity contribution < 1.29 is 23.9 Å². The molecule has 0 bridgehead atoms. The van der Waals surface area contributed by atoms with Crippen molar-refractivity contribution in [2.24, 2.45) is 0 Å². The maximum Gasteiger partial charge on any atom is 0.243 e. The van der Waals surface area contributed by atoms with Crippen LogP contribution in [0.25, 0.3) is 0 Å². The number of benzene rings is 2. The second kappa shape index (κ2) is 11.0. The summed E-state index contributed by atoms with van der Waals surface area (Å²) in [7, 11) is 0. The highest BCUT2D eigenvalue weighted by atomic mass is 16.7. The van der Waals surface area contributed by atoms with Gasteiger partial charge >= 0.3 is 0 Å². The quantitative estimate of drug-likeness (QED) is 0.591. The minimum Gasteiger partial charge on any atom is -0.454 e. The fraction of sp³-hybridized carbons (Fsp3) is 0.423. The zero-order valence-corrected chi connectivity index (χ0v) is 20.2. The predicted octanol–water partition coefficient (Wildman–Crippen LogP) is 0.889. The van der Waals surface area contributed by atoms with Gasteiger partial charge in [0.25, 0.3) is 0 Å². The number of nitrogens with one attached hydrogen (secondary N) is 2. The number of nitrogens with zero attached hydrogens (tertiary/aromatic N) is 3. The van der Waals surface area contributed by atoms with Crippen molar-refractivity contribution in [2.75, 3.05) is 57.9 Å². The first-order valence-corrected chi connectivity index (χ1v) is 12.3. The van der Waals surface area contributed by atoms with E-state index in [0.29, 0.717) is 18.8 Å². The van der Waals surface area contributed by atoms with Crippen molar-refractivity contribution in [3.63, 3.8) is 0 Å². The third-order valence-electron chi connectivity index (χ3n) is 6.75. The summed E-state index contributed by atoms with van der Waals surface area (Å²) >= 11 is 0. The van der Waals surface area contributed by atoms with Gasteiger partial charge in [0, 0.05) is 51.5 Å². The van der Waals surface area contributed by atoms with E-state index in [-0.39, 0.29) is 37.5 Å². The van der Waals surface area contributed by atoms with E-state index in [1.165, 1.54) is 5.56 Å². The van der Waals surface area contributed by atoms with Crippen LogP contribution in [0.15, 0.2) is 48.5 Å². The molecule has 3 aliphatic heterocycles. The van der Waals surface area contributed by atoms with Crippen molar-refractivity contribution in [3.05, 3.63) is 54.1 Å². The molecule has 0 aromatic heterocycles. The normalized spacial score (nSPS) is 20.2. The van der Waals surface area contributed by atoms with Crippen molar-refractivity contribution in [3.8, 4) is 11.5 Å². The number of carbonyl (C=O) groups excluding carboxylic acids is 3. The number of anilines is 1. The van der Waals surface area contributed by atoms with Crippen molar-refractivity contribution in [1.82, 2.24) is 20.0 Å². The van der Waals surface area contributed by atoms with Crippen LogP contribution < -0.4 is 20.1 Å². The number of piperazine rings is 2. The maximum atomic E-state index is 13.2. The molecule has 0 aliphatic carbocycles. The molecule has 10 heteroatoms. The van der Waals surface area contributed by atoms with E-state index in [2.05, 4.69) is 26.5 Å². The minimum atomic E-state index is -0.803. The predicted molar refractivity (Wildman–Crippen MR) is 132 cm³/mol. The van der Waals surface area contributed by atoms with Crippen LogP contribution in [0.5, 0.6) is 11.5 Å². The molecule has 10 nitrogen and oxygen atoms in total. The first-order valence-electron chi connectivity index (χ1n) is 12.3. The number of para-hydroxylation sites is 1. The van der Waals surface area contributed by atoms with Crippen LogP contribution >= 0.6 is 0 Å². The topological polar surface area (TPSA) is 103 Å². The highest BCUT2D eigenvalue weighted by molar-refractivity contribution is 5.97. The lowest BCUT2D eigenvalue weighted by Crippen LogP contribution is -2.60. The molecule has 1 atom stereocenters. The first kappa shape index (κ1) is 24.1. The zero-order chi connectivity index (χ0) is 24.9. The summed E-state index contributed by atoms with van der Waals surface area (Å²) in [5.41, 5.74) is 1.83. The molecule has 0 spiro atoms. The first-order chi connectivity index (χ1) is 17.5. The summed E-state index contributed by atoms with van der Waals surface area (Å²) in [5.74, 6) is 0.870. The van der Waals surface area contributed by atoms with Gasteiger partial charge in [0.05, 0.1) is 13.0 Å². The molecule has 3 heterocycles. The molecule has 2 aromatic rings. The highest BCUT2D eigenvalue weighted by Gasteiger charge is 2.35. The molecule has 36 heavy (non-hydrogen) atoms. The number of carbonyl (C=O) groups is 3. The van der Waals surface area contributed by atoms with Crippen molar-refractivity contribution >= 4 is 23.4 Å². The van der Waals surface area contributed by atoms with Crippen LogP contribution in [0.1, 0.15) is 12.0 Å². The number of amides is 3. The van der Waals surface area contributed by atoms with E-state index in [4.69, 9.17) is 9.47 Å². The molecule has 0 unspecified atom stereocenters. The summed E-state index contributed by atoms with van der Waals surface area (Å²) in [6, 6.07) is 14.3. The van der Waals surface area contributed by atoms with Gasteiger partial charge in [0.2, 0.25) is 24.5 Å². The van der Waals surface area contributed by atoms with Crippen molar-refractivity contribution in [2.45, 2.75) is 19.0 Å². The van der Waals surface area contributed by atoms with E-state index >= 15 is 0 Å². The van der Waals surface area contributed by atoms with Crippen LogP contribution in [-0.2, 0) is 20.9 Å². The van der Waals surface area contributed by atoms with Crippen LogP contribution in [0.2, 0.25) is 0 Å². The van der Waals surface area contributed by atoms with Crippen LogP contribution in [0.3, 0.4) is 0 Å². The van der Waals surface area contributed by atoms with Crippen molar-refractivity contribution in [1.29, 1.82) is 0 Å². The van der Waals surface area contributed by atoms with Crippen LogP contribution in [0.4, 0.5) is 5.69 Å². The monoisotopic (exact) mass is 493 g/mol. The number of fused-ring (bicyclic) bond motifs is 1. The van der Waals surface area contributed by atoms with Crippen LogP contribution in [-0.4, -0.2) is 91.1 Å². The van der Waals surface area contributed by atoms with E-state index < -0.39 is 6.04 Å². The van der Waals surface area contributed by atoms with Crippen LogP contribution in [0, 0.1) is 0 Å². The Bertz CT molecular complexity index is 1100. The molecule has 0 saturated carbocycles. The number of hydrogen-bond acceptors (Lipinski definition) is 7. The van der Waals surface area contributed by atoms with Gasteiger partial charge in [-0.25, -0.2) is 0 Å². The number of ether oxygens (including phenoxy) is 2. The summed E-state index contributed by atoms with van der Waals surface area (Å²) in [5, 5.41) is 5.59. The molecule has 2 N–H and O–H groups in total. The van der Waals surface area contributed by atoms with Gasteiger partial charge < -0.3 is 25.0 Å². The molecule has 2 saturated heterocycles. The van der Waals surface area contributed by atoms with Gasteiger partial charge in [-0.3, -0.25) is 24.2 Å². The Kier molecular flexibility index (Phi) is 7.33. The second-order valence-corrected chi connectivity index (χ2v) is 9.25. The molecule has 3 amide bonds. The Labute approximate surface area is 210 Å². The van der Waals surface area contributed by atoms with Gasteiger partial charge in [0.1, 0.15) is 6.04 Å². The third kappa shape index (κ3) is 5.77. The lowest BCUT2D eigenvalue weighted by molar-refractivity contribution is -0.145. The average molecular weight is 494 g/mol. The fourth-order valence-corrected chi connectivity index (χ4v) is 4.81. The van der Waals surface area contributed by atoms with Gasteiger partial charge in [-0.15, -0.1) is 0 Å². The largest absolute Gasteiger partial charge is 0.454 e. The molecular formula is C26H31N5O5. The van der Waals surface area contributed by atoms with Gasteiger partial charge in [-0.2, -0.15) is 0 Å². The fourth-order valence-electron chi connectivity index (χ4n) is 4.81. The molecule has 0 radical (unpaired) electrons. The molecule has 3 aliphatic rings. The summed E-state index contributed by atoms with van der Waals surface area (Å²) in [6.07, 6.45) is -0.0736. The minimum absolute atomic E-state index is 0.0736.